The Labute approximate surface area is 266 Å². The van der Waals surface area contributed by atoms with Crippen LogP contribution in [0.2, 0.25) is 0 Å². The van der Waals surface area contributed by atoms with Gasteiger partial charge in [0.15, 0.2) is 5.76 Å². The van der Waals surface area contributed by atoms with Crippen molar-refractivity contribution in [3.8, 4) is 17.1 Å². The number of nitrogens with zero attached hydrogens (tertiary/aromatic N) is 1. The minimum Gasteiger partial charge on any atom is -0.494 e. The number of furan rings is 1. The summed E-state index contributed by atoms with van der Waals surface area (Å²) < 4.78 is 11.2. The molecule has 0 aliphatic rings. The first-order chi connectivity index (χ1) is 21.9. The smallest absolute Gasteiger partial charge is 0.326 e. The van der Waals surface area contributed by atoms with Crippen molar-refractivity contribution in [2.24, 2.45) is 5.92 Å². The fraction of sp³-hybridized carbons (Fsp3) is 0.484. The zero-order valence-corrected chi connectivity index (χ0v) is 26.1. The summed E-state index contributed by atoms with van der Waals surface area (Å²) in [6, 6.07) is 5.07. The summed E-state index contributed by atoms with van der Waals surface area (Å²) in [5.41, 5.74) is 0.354. The van der Waals surface area contributed by atoms with Crippen molar-refractivity contribution in [3.63, 3.8) is 0 Å². The monoisotopic (exact) mass is 646 g/mol. The Morgan fingerprint density at radius 1 is 0.978 bits per heavy atom. The Balaban J connectivity index is 2.15. The second-order valence-corrected chi connectivity index (χ2v) is 10.4. The highest BCUT2D eigenvalue weighted by atomic mass is 16.5. The van der Waals surface area contributed by atoms with Crippen LogP contribution in [0.1, 0.15) is 86.6 Å². The van der Waals surface area contributed by atoms with Crippen molar-refractivity contribution in [3.05, 3.63) is 41.7 Å². The molecule has 1 aromatic carbocycles. The number of hydrogen-bond donors (Lipinski definition) is 6. The Kier molecular flexibility index (Phi) is 15.2. The third kappa shape index (κ3) is 11.2. The topological polar surface area (TPSA) is 225 Å². The van der Waals surface area contributed by atoms with Crippen LogP contribution in [0.3, 0.4) is 0 Å². The van der Waals surface area contributed by atoms with Crippen molar-refractivity contribution < 1.29 is 53.3 Å². The molecule has 0 saturated carbocycles. The number of ether oxygens (including phenoxy) is 1. The zero-order valence-electron chi connectivity index (χ0n) is 26.1. The predicted molar refractivity (Wildman–Crippen MR) is 163 cm³/mol. The van der Waals surface area contributed by atoms with Gasteiger partial charge in [-0.15, -0.1) is 0 Å². The second-order valence-electron chi connectivity index (χ2n) is 10.4. The van der Waals surface area contributed by atoms with Crippen LogP contribution in [-0.4, -0.2) is 81.9 Å². The van der Waals surface area contributed by atoms with E-state index in [9.17, 15) is 39.1 Å². The standard InChI is InChI=1S/C31H42N4O11/c1-4-7-8-9-22(24(5-2)35(44)18-36)29(40)32-17-33-30(41)26-12-11-25(46-26)19-14-20(16-21(15-19)45-6-3)28(39)34-23(31(42)43)10-13-27(37)38/h11-12,14-16,18,22-24,44H,4-10,13,17H2,1-3H3,(H,32,40)(H,33,41)(H,34,39)(H,37,38)(H,42,43)/t22-,23+,24-/m1/s1. The normalized spacial score (nSPS) is 12.7. The molecule has 2 aromatic rings. The van der Waals surface area contributed by atoms with Gasteiger partial charge in [0.25, 0.3) is 11.8 Å². The lowest BCUT2D eigenvalue weighted by Crippen LogP contribution is -2.47. The van der Waals surface area contributed by atoms with Crippen LogP contribution in [0, 0.1) is 5.92 Å². The molecule has 46 heavy (non-hydrogen) atoms. The Morgan fingerprint density at radius 2 is 1.72 bits per heavy atom. The fourth-order valence-electron chi connectivity index (χ4n) is 4.78. The highest BCUT2D eigenvalue weighted by Gasteiger charge is 2.30. The van der Waals surface area contributed by atoms with Crippen LogP contribution < -0.4 is 20.7 Å². The summed E-state index contributed by atoms with van der Waals surface area (Å²) in [4.78, 5) is 72.3. The number of hydroxylamine groups is 2. The van der Waals surface area contributed by atoms with Crippen molar-refractivity contribution in [2.45, 2.75) is 77.8 Å². The summed E-state index contributed by atoms with van der Waals surface area (Å²) in [7, 11) is 0. The van der Waals surface area contributed by atoms with Gasteiger partial charge in [-0.05, 0) is 56.5 Å². The molecule has 252 valence electrons. The van der Waals surface area contributed by atoms with Crippen LogP contribution in [-0.2, 0) is 19.2 Å². The summed E-state index contributed by atoms with van der Waals surface area (Å²) in [6.07, 6.45) is 2.80. The predicted octanol–water partition coefficient (Wildman–Crippen LogP) is 3.02. The molecule has 1 aromatic heterocycles. The number of amides is 4. The van der Waals surface area contributed by atoms with E-state index in [1.165, 1.54) is 24.3 Å². The van der Waals surface area contributed by atoms with Gasteiger partial charge in [0.1, 0.15) is 17.6 Å². The van der Waals surface area contributed by atoms with E-state index in [0.29, 0.717) is 23.5 Å². The SMILES string of the molecule is CCCCC[C@@H](C(=O)NCNC(=O)c1ccc(-c2cc(OCC)cc(C(=O)N[C@@H](CCC(=O)O)C(=O)O)c2)o1)[C@@H](CC)N(O)C=O. The van der Waals surface area contributed by atoms with Crippen LogP contribution in [0.15, 0.2) is 34.7 Å². The van der Waals surface area contributed by atoms with Gasteiger partial charge < -0.3 is 35.3 Å². The van der Waals surface area contributed by atoms with E-state index in [1.54, 1.807) is 19.9 Å². The van der Waals surface area contributed by atoms with Crippen molar-refractivity contribution >= 4 is 36.1 Å². The van der Waals surface area contributed by atoms with Gasteiger partial charge in [0.2, 0.25) is 12.3 Å². The maximum absolute atomic E-state index is 13.0. The molecule has 0 bridgehead atoms. The molecule has 0 fully saturated rings. The molecule has 0 saturated heterocycles. The molecule has 0 aliphatic carbocycles. The first kappa shape index (κ1) is 37.3. The largest absolute Gasteiger partial charge is 0.494 e. The second kappa shape index (κ2) is 18.8. The lowest BCUT2D eigenvalue weighted by atomic mass is 9.90. The number of aliphatic carboxylic acids is 2. The first-order valence-electron chi connectivity index (χ1n) is 15.1. The number of hydrogen-bond acceptors (Lipinski definition) is 9. The first-order valence-corrected chi connectivity index (χ1v) is 15.1. The minimum absolute atomic E-state index is 0.0162. The van der Waals surface area contributed by atoms with Gasteiger partial charge in [-0.1, -0.05) is 33.1 Å². The summed E-state index contributed by atoms with van der Waals surface area (Å²) >= 11 is 0. The van der Waals surface area contributed by atoms with E-state index in [4.69, 9.17) is 14.3 Å². The summed E-state index contributed by atoms with van der Waals surface area (Å²) in [5.74, 6) is -4.80. The number of carboxylic acids is 2. The number of carbonyl (C=O) groups is 6. The van der Waals surface area contributed by atoms with Crippen LogP contribution in [0.4, 0.5) is 0 Å². The molecule has 0 spiro atoms. The third-order valence-corrected chi connectivity index (χ3v) is 7.14. The Bertz CT molecular complexity index is 1360. The molecule has 6 N–H and O–H groups in total. The van der Waals surface area contributed by atoms with Crippen molar-refractivity contribution in [2.75, 3.05) is 13.3 Å². The number of benzene rings is 1. The van der Waals surface area contributed by atoms with Crippen molar-refractivity contribution in [1.82, 2.24) is 21.0 Å². The van der Waals surface area contributed by atoms with Crippen LogP contribution >= 0.6 is 0 Å². The molecule has 0 aliphatic heterocycles. The van der Waals surface area contributed by atoms with Crippen LogP contribution in [0.5, 0.6) is 5.75 Å². The molecular formula is C31H42N4O11. The summed E-state index contributed by atoms with van der Waals surface area (Å²) in [5, 5.41) is 36.2. The minimum atomic E-state index is -1.44. The number of carbonyl (C=O) groups excluding carboxylic acids is 4. The molecular weight excluding hydrogens is 604 g/mol. The molecule has 4 amide bonds. The number of carboxylic acid groups (broad SMARTS) is 2. The Morgan fingerprint density at radius 3 is 2.33 bits per heavy atom. The van der Waals surface area contributed by atoms with E-state index in [-0.39, 0.29) is 48.9 Å². The van der Waals surface area contributed by atoms with Gasteiger partial charge in [0.05, 0.1) is 25.2 Å². The third-order valence-electron chi connectivity index (χ3n) is 7.14. The fourth-order valence-corrected chi connectivity index (χ4v) is 4.78. The Hall–Kier alpha value is -4.92. The lowest BCUT2D eigenvalue weighted by Gasteiger charge is -2.29. The molecule has 1 heterocycles. The van der Waals surface area contributed by atoms with E-state index >= 15 is 0 Å². The van der Waals surface area contributed by atoms with Gasteiger partial charge in [0, 0.05) is 17.5 Å². The molecule has 15 heteroatoms. The summed E-state index contributed by atoms with van der Waals surface area (Å²) in [6.45, 7) is 5.49. The van der Waals surface area contributed by atoms with E-state index in [1.807, 2.05) is 6.92 Å². The number of nitrogens with one attached hydrogen (secondary N) is 3. The molecule has 0 unspecified atom stereocenters. The lowest BCUT2D eigenvalue weighted by molar-refractivity contribution is -0.168. The average molecular weight is 647 g/mol. The van der Waals surface area contributed by atoms with Crippen LogP contribution in [0.25, 0.3) is 11.3 Å². The molecule has 2 rings (SSSR count). The van der Waals surface area contributed by atoms with Crippen molar-refractivity contribution in [1.29, 1.82) is 0 Å². The highest BCUT2D eigenvalue weighted by Crippen LogP contribution is 2.28. The molecule has 3 atom stereocenters. The molecule has 0 radical (unpaired) electrons. The zero-order chi connectivity index (χ0) is 34.2. The highest BCUT2D eigenvalue weighted by molar-refractivity contribution is 5.98. The van der Waals surface area contributed by atoms with E-state index < -0.39 is 54.1 Å². The van der Waals surface area contributed by atoms with E-state index in [2.05, 4.69) is 16.0 Å². The van der Waals surface area contributed by atoms with Gasteiger partial charge in [-0.3, -0.25) is 29.2 Å². The maximum atomic E-state index is 13.0. The van der Waals surface area contributed by atoms with Gasteiger partial charge >= 0.3 is 11.9 Å². The quantitative estimate of drug-likeness (QED) is 0.0380. The number of rotatable bonds is 21. The molecule has 15 nitrogen and oxygen atoms in total. The maximum Gasteiger partial charge on any atom is 0.326 e. The van der Waals surface area contributed by atoms with Gasteiger partial charge in [-0.2, -0.15) is 0 Å². The van der Waals surface area contributed by atoms with Gasteiger partial charge in [-0.25, -0.2) is 9.86 Å². The average Bonchev–Trinajstić information content (AvgIpc) is 3.53. The number of unbranched alkanes of at least 4 members (excludes halogenated alkanes) is 2. The van der Waals surface area contributed by atoms with E-state index in [0.717, 1.165) is 19.3 Å².